The van der Waals surface area contributed by atoms with Gasteiger partial charge in [-0.25, -0.2) is 8.42 Å². The van der Waals surface area contributed by atoms with Crippen molar-refractivity contribution in [1.29, 1.82) is 0 Å². The molecule has 9 heteroatoms. The van der Waals surface area contributed by atoms with Crippen LogP contribution in [0.1, 0.15) is 10.5 Å². The van der Waals surface area contributed by atoms with Gasteiger partial charge in [0, 0.05) is 18.0 Å². The van der Waals surface area contributed by atoms with E-state index in [0.717, 1.165) is 0 Å². The van der Waals surface area contributed by atoms with Gasteiger partial charge in [0.2, 0.25) is 0 Å². The number of hydrogen-bond donors (Lipinski definition) is 2. The minimum absolute atomic E-state index is 0.0335. The highest BCUT2D eigenvalue weighted by atomic mass is 32.2. The summed E-state index contributed by atoms with van der Waals surface area (Å²) in [5, 5.41) is 2.67. The van der Waals surface area contributed by atoms with Gasteiger partial charge in [-0.2, -0.15) is 0 Å². The Morgan fingerprint density at radius 1 is 0.966 bits per heavy atom. The highest BCUT2D eigenvalue weighted by molar-refractivity contribution is 7.92. The highest BCUT2D eigenvalue weighted by Gasteiger charge is 2.17. The van der Waals surface area contributed by atoms with Crippen molar-refractivity contribution in [2.24, 2.45) is 0 Å². The van der Waals surface area contributed by atoms with Crippen molar-refractivity contribution in [3.05, 3.63) is 72.6 Å². The summed E-state index contributed by atoms with van der Waals surface area (Å²) in [6.07, 6.45) is 1.52. The third-order valence-electron chi connectivity index (χ3n) is 3.97. The summed E-state index contributed by atoms with van der Waals surface area (Å²) in [5.41, 5.74) is 0.986. The first-order valence-corrected chi connectivity index (χ1v) is 9.98. The first kappa shape index (κ1) is 20.2. The van der Waals surface area contributed by atoms with Gasteiger partial charge in [-0.3, -0.25) is 14.5 Å². The van der Waals surface area contributed by atoms with Gasteiger partial charge >= 0.3 is 0 Å². The Labute approximate surface area is 168 Å². The average Bonchev–Trinajstić information content (AvgIpc) is 2.74. The van der Waals surface area contributed by atoms with E-state index in [1.807, 2.05) is 0 Å². The molecule has 2 N–H and O–H groups in total. The van der Waals surface area contributed by atoms with Gasteiger partial charge in [-0.15, -0.1) is 0 Å². The summed E-state index contributed by atoms with van der Waals surface area (Å²) < 4.78 is 38.2. The van der Waals surface area contributed by atoms with Crippen LogP contribution in [0.15, 0.2) is 71.8 Å². The summed E-state index contributed by atoms with van der Waals surface area (Å²) in [6.45, 7) is 0. The lowest BCUT2D eigenvalue weighted by Gasteiger charge is -2.13. The first-order chi connectivity index (χ1) is 13.9. The molecule has 3 rings (SSSR count). The lowest BCUT2D eigenvalue weighted by molar-refractivity contribution is 0.102. The summed E-state index contributed by atoms with van der Waals surface area (Å²) in [7, 11) is -0.916. The summed E-state index contributed by atoms with van der Waals surface area (Å²) in [4.78, 5) is 16.1. The molecule has 0 saturated heterocycles. The maximum atomic E-state index is 12.7. The molecule has 0 unspecified atom stereocenters. The van der Waals surface area contributed by atoms with E-state index in [1.54, 1.807) is 36.4 Å². The summed E-state index contributed by atoms with van der Waals surface area (Å²) >= 11 is 0. The van der Waals surface area contributed by atoms with E-state index in [-0.39, 0.29) is 22.2 Å². The number of anilines is 2. The molecule has 150 valence electrons. The zero-order chi connectivity index (χ0) is 20.9. The van der Waals surface area contributed by atoms with Crippen LogP contribution in [-0.4, -0.2) is 33.5 Å². The van der Waals surface area contributed by atoms with Gasteiger partial charge in [0.05, 0.1) is 24.8 Å². The minimum atomic E-state index is -3.86. The number of nitrogens with zero attached hydrogens (tertiary/aromatic N) is 1. The molecule has 0 aliphatic heterocycles. The quantitative estimate of drug-likeness (QED) is 0.616. The fourth-order valence-electron chi connectivity index (χ4n) is 2.50. The van der Waals surface area contributed by atoms with Crippen LogP contribution in [0.2, 0.25) is 0 Å². The van der Waals surface area contributed by atoms with E-state index in [4.69, 9.17) is 9.47 Å². The first-order valence-electron chi connectivity index (χ1n) is 8.50. The fourth-order valence-corrected chi connectivity index (χ4v) is 3.57. The second kappa shape index (κ2) is 8.61. The third-order valence-corrected chi connectivity index (χ3v) is 5.35. The Morgan fingerprint density at radius 3 is 2.34 bits per heavy atom. The van der Waals surface area contributed by atoms with Crippen molar-refractivity contribution < 1.29 is 22.7 Å². The lowest BCUT2D eigenvalue weighted by atomic mass is 10.3. The lowest BCUT2D eigenvalue weighted by Crippen LogP contribution is -2.15. The summed E-state index contributed by atoms with van der Waals surface area (Å²) in [6, 6.07) is 15.5. The molecular weight excluding hydrogens is 394 g/mol. The van der Waals surface area contributed by atoms with Crippen molar-refractivity contribution >= 4 is 27.3 Å². The maximum absolute atomic E-state index is 12.7. The molecule has 0 radical (unpaired) electrons. The van der Waals surface area contributed by atoms with Crippen molar-refractivity contribution in [3.63, 3.8) is 0 Å². The molecule has 1 heterocycles. The largest absolute Gasteiger partial charge is 0.497 e. The SMILES string of the molecule is COc1ccc(NS(=O)(=O)c2ccc(NC(=O)c3ccccn3)cc2)c(OC)c1. The Bertz CT molecular complexity index is 1100. The molecule has 0 atom stereocenters. The monoisotopic (exact) mass is 413 g/mol. The molecule has 1 amide bonds. The number of ether oxygens (including phenoxy) is 2. The number of amides is 1. The van der Waals surface area contributed by atoms with Crippen LogP contribution >= 0.6 is 0 Å². The van der Waals surface area contributed by atoms with Crippen LogP contribution in [-0.2, 0) is 10.0 Å². The predicted molar refractivity (Wildman–Crippen MR) is 109 cm³/mol. The van der Waals surface area contributed by atoms with Crippen molar-refractivity contribution in [2.45, 2.75) is 4.90 Å². The number of hydrogen-bond acceptors (Lipinski definition) is 6. The van der Waals surface area contributed by atoms with Crippen molar-refractivity contribution in [1.82, 2.24) is 4.98 Å². The molecule has 3 aromatic rings. The molecule has 0 bridgehead atoms. The molecule has 1 aromatic heterocycles. The van der Waals surface area contributed by atoms with E-state index < -0.39 is 10.0 Å². The van der Waals surface area contributed by atoms with E-state index >= 15 is 0 Å². The van der Waals surface area contributed by atoms with Crippen LogP contribution < -0.4 is 19.5 Å². The third kappa shape index (κ3) is 4.82. The van der Waals surface area contributed by atoms with Crippen molar-refractivity contribution in [3.8, 4) is 11.5 Å². The van der Waals surface area contributed by atoms with Crippen LogP contribution in [0, 0.1) is 0 Å². The van der Waals surface area contributed by atoms with E-state index in [1.165, 1.54) is 44.7 Å². The number of nitrogens with one attached hydrogen (secondary N) is 2. The van der Waals surface area contributed by atoms with Crippen LogP contribution in [0.25, 0.3) is 0 Å². The Balaban J connectivity index is 1.76. The second-order valence-corrected chi connectivity index (χ2v) is 7.55. The molecule has 0 aliphatic rings. The van der Waals surface area contributed by atoms with E-state index in [0.29, 0.717) is 17.2 Å². The van der Waals surface area contributed by atoms with Crippen molar-refractivity contribution in [2.75, 3.05) is 24.3 Å². The molecule has 0 spiro atoms. The summed E-state index contributed by atoms with van der Waals surface area (Å²) in [5.74, 6) is 0.479. The Morgan fingerprint density at radius 2 is 1.72 bits per heavy atom. The average molecular weight is 413 g/mol. The van der Waals surface area contributed by atoms with E-state index in [9.17, 15) is 13.2 Å². The van der Waals surface area contributed by atoms with Crippen LogP contribution in [0.4, 0.5) is 11.4 Å². The zero-order valence-corrected chi connectivity index (χ0v) is 16.6. The van der Waals surface area contributed by atoms with Gasteiger partial charge in [-0.05, 0) is 48.5 Å². The molecule has 0 aliphatic carbocycles. The number of methoxy groups -OCH3 is 2. The molecule has 29 heavy (non-hydrogen) atoms. The second-order valence-electron chi connectivity index (χ2n) is 5.87. The molecule has 8 nitrogen and oxygen atoms in total. The number of benzene rings is 2. The molecule has 0 fully saturated rings. The topological polar surface area (TPSA) is 107 Å². The Kier molecular flexibility index (Phi) is 5.99. The van der Waals surface area contributed by atoms with Gasteiger partial charge in [-0.1, -0.05) is 6.07 Å². The normalized spacial score (nSPS) is 10.8. The number of aromatic nitrogens is 1. The fraction of sp³-hybridized carbons (Fsp3) is 0.100. The number of pyridine rings is 1. The number of rotatable bonds is 7. The van der Waals surface area contributed by atoms with Crippen LogP contribution in [0.3, 0.4) is 0 Å². The zero-order valence-electron chi connectivity index (χ0n) is 15.7. The number of carbonyl (C=O) groups is 1. The van der Waals surface area contributed by atoms with Gasteiger partial charge in [0.1, 0.15) is 17.2 Å². The van der Waals surface area contributed by atoms with Gasteiger partial charge in [0.25, 0.3) is 15.9 Å². The maximum Gasteiger partial charge on any atom is 0.274 e. The van der Waals surface area contributed by atoms with Crippen LogP contribution in [0.5, 0.6) is 11.5 Å². The predicted octanol–water partition coefficient (Wildman–Crippen LogP) is 3.15. The van der Waals surface area contributed by atoms with Gasteiger partial charge in [0.15, 0.2) is 0 Å². The minimum Gasteiger partial charge on any atom is -0.497 e. The molecular formula is C20H19N3O5S. The highest BCUT2D eigenvalue weighted by Crippen LogP contribution is 2.31. The Hall–Kier alpha value is -3.59. The molecule has 2 aromatic carbocycles. The number of carbonyl (C=O) groups excluding carboxylic acids is 1. The van der Waals surface area contributed by atoms with Gasteiger partial charge < -0.3 is 14.8 Å². The smallest absolute Gasteiger partial charge is 0.274 e. The number of sulfonamides is 1. The van der Waals surface area contributed by atoms with E-state index in [2.05, 4.69) is 15.0 Å². The molecule has 0 saturated carbocycles. The standard InChI is InChI=1S/C20H19N3O5S/c1-27-15-8-11-17(19(13-15)28-2)23-29(25,26)16-9-6-14(7-10-16)22-20(24)18-5-3-4-12-21-18/h3-13,23H,1-2H3,(H,22,24).